The number of hydrogen-bond donors (Lipinski definition) is 0. The van der Waals surface area contributed by atoms with Crippen molar-refractivity contribution in [3.63, 3.8) is 0 Å². The normalized spacial score (nSPS) is 11.1. The summed E-state index contributed by atoms with van der Waals surface area (Å²) in [5.74, 6) is 0. The molecule has 0 saturated carbocycles. The Labute approximate surface area is 125 Å². The number of halogens is 1. The van der Waals surface area contributed by atoms with Gasteiger partial charge in [-0.05, 0) is 36.2 Å². The van der Waals surface area contributed by atoms with E-state index in [1.54, 1.807) is 11.3 Å². The van der Waals surface area contributed by atoms with E-state index in [2.05, 4.69) is 34.8 Å². The van der Waals surface area contributed by atoms with Crippen LogP contribution in [0, 0.1) is 10.7 Å². The first-order valence-electron chi connectivity index (χ1n) is 5.83. The summed E-state index contributed by atoms with van der Waals surface area (Å²) < 4.78 is 3.13. The Balaban J connectivity index is 2.05. The van der Waals surface area contributed by atoms with Crippen LogP contribution in [0.3, 0.4) is 0 Å². The van der Waals surface area contributed by atoms with Gasteiger partial charge in [0.15, 0.2) is 0 Å². The van der Waals surface area contributed by atoms with Gasteiger partial charge in [0.05, 0.1) is 14.4 Å². The summed E-state index contributed by atoms with van der Waals surface area (Å²) in [6.07, 6.45) is 3.95. The zero-order chi connectivity index (χ0) is 13.4. The minimum atomic E-state index is 0.520. The van der Waals surface area contributed by atoms with Crippen LogP contribution in [-0.4, -0.2) is 9.55 Å². The summed E-state index contributed by atoms with van der Waals surface area (Å²) in [6.45, 7) is 2.87. The molecule has 3 heterocycles. The Morgan fingerprint density at radius 2 is 2.21 bits per heavy atom. The molecule has 2 aliphatic rings. The highest BCUT2D eigenvalue weighted by Crippen LogP contribution is 2.31. The Bertz CT molecular complexity index is 743. The van der Waals surface area contributed by atoms with Crippen LogP contribution in [0.15, 0.2) is 36.7 Å². The van der Waals surface area contributed by atoms with Gasteiger partial charge in [-0.2, -0.15) is 0 Å². The molecule has 0 atom stereocenters. The molecule has 19 heavy (non-hydrogen) atoms. The number of fused-ring (bicyclic) bond motifs is 1. The van der Waals surface area contributed by atoms with Gasteiger partial charge in [-0.15, -0.1) is 11.3 Å². The molecule has 0 fully saturated rings. The first-order chi connectivity index (χ1) is 9.11. The third-order valence-corrected chi connectivity index (χ3v) is 4.34. The molecule has 0 unspecified atom stereocenters. The maximum atomic E-state index is 5.81. The molecule has 1 aromatic heterocycles. The summed E-state index contributed by atoms with van der Waals surface area (Å²) >= 11 is 12.7. The van der Waals surface area contributed by atoms with Crippen LogP contribution in [-0.2, 0) is 6.54 Å². The molecule has 96 valence electrons. The Kier molecular flexibility index (Phi) is 3.39. The molecular weight excluding hydrogens is 296 g/mol. The molecule has 0 saturated heterocycles. The average molecular weight is 307 g/mol. The largest absolute Gasteiger partial charge is 0.342 e. The van der Waals surface area contributed by atoms with Gasteiger partial charge in [-0.25, -0.2) is 4.98 Å². The number of thiophene rings is 1. The standard InChI is InChI=1S/C14H11ClN2S2/c1-9-4-12-11(5-14(18)19-12)17(7-9)8-10-2-3-13(15)16-6-10/h2-7H,8H2,1H3. The van der Waals surface area contributed by atoms with Crippen LogP contribution < -0.4 is 0 Å². The van der Waals surface area contributed by atoms with Crippen molar-refractivity contribution >= 4 is 35.2 Å². The van der Waals surface area contributed by atoms with Crippen molar-refractivity contribution in [2.24, 2.45) is 0 Å². The van der Waals surface area contributed by atoms with Gasteiger partial charge >= 0.3 is 0 Å². The van der Waals surface area contributed by atoms with Crippen molar-refractivity contribution in [2.45, 2.75) is 13.5 Å². The van der Waals surface area contributed by atoms with Crippen LogP contribution in [0.5, 0.6) is 0 Å². The van der Waals surface area contributed by atoms with Crippen LogP contribution in [0.4, 0.5) is 0 Å². The fourth-order valence-corrected chi connectivity index (χ4v) is 3.49. The van der Waals surface area contributed by atoms with Crippen molar-refractivity contribution < 1.29 is 0 Å². The molecular formula is C14H11ClN2S2. The van der Waals surface area contributed by atoms with E-state index in [4.69, 9.17) is 23.8 Å². The van der Waals surface area contributed by atoms with E-state index in [1.165, 1.54) is 16.1 Å². The van der Waals surface area contributed by atoms with E-state index < -0.39 is 0 Å². The van der Waals surface area contributed by atoms with E-state index in [-0.39, 0.29) is 0 Å². The van der Waals surface area contributed by atoms with Crippen molar-refractivity contribution in [1.29, 1.82) is 0 Å². The lowest BCUT2D eigenvalue weighted by Gasteiger charge is -2.13. The molecule has 0 bridgehead atoms. The predicted molar refractivity (Wildman–Crippen MR) is 82.9 cm³/mol. The van der Waals surface area contributed by atoms with Gasteiger partial charge in [-0.3, -0.25) is 0 Å². The number of aromatic nitrogens is 2. The number of hydrogen-bond acceptors (Lipinski definition) is 3. The van der Waals surface area contributed by atoms with Crippen LogP contribution >= 0.6 is 35.2 Å². The molecule has 0 amide bonds. The van der Waals surface area contributed by atoms with Crippen molar-refractivity contribution in [2.75, 3.05) is 0 Å². The fraction of sp³-hybridized carbons (Fsp3) is 0.143. The summed E-state index contributed by atoms with van der Waals surface area (Å²) in [7, 11) is 0. The average Bonchev–Trinajstić information content (AvgIpc) is 2.72. The molecule has 1 aromatic rings. The highest BCUT2D eigenvalue weighted by Gasteiger charge is 2.10. The second kappa shape index (κ2) is 5.04. The fourth-order valence-electron chi connectivity index (χ4n) is 2.09. The van der Waals surface area contributed by atoms with E-state index in [0.717, 1.165) is 15.9 Å². The lowest BCUT2D eigenvalue weighted by Crippen LogP contribution is -2.04. The second-order valence-electron chi connectivity index (χ2n) is 4.45. The Hall–Kier alpha value is -1.23. The molecule has 0 aromatic carbocycles. The quantitative estimate of drug-likeness (QED) is 0.500. The first-order valence-corrected chi connectivity index (χ1v) is 7.43. The third kappa shape index (κ3) is 2.71. The minimum absolute atomic E-state index is 0.520. The van der Waals surface area contributed by atoms with Gasteiger partial charge in [0, 0.05) is 18.9 Å². The SMILES string of the molecule is Cc1cc2sc(=S)cc-2n(Cc2ccc(Cl)nc2)c1. The first kappa shape index (κ1) is 12.8. The third-order valence-electron chi connectivity index (χ3n) is 2.89. The number of pyridine rings is 2. The van der Waals surface area contributed by atoms with Gasteiger partial charge in [0.1, 0.15) is 5.15 Å². The van der Waals surface area contributed by atoms with Crippen molar-refractivity contribution in [3.8, 4) is 10.6 Å². The van der Waals surface area contributed by atoms with E-state index in [9.17, 15) is 0 Å². The maximum absolute atomic E-state index is 5.81. The maximum Gasteiger partial charge on any atom is 0.129 e. The van der Waals surface area contributed by atoms with E-state index in [1.807, 2.05) is 18.3 Å². The topological polar surface area (TPSA) is 17.8 Å². The van der Waals surface area contributed by atoms with Crippen molar-refractivity contribution in [3.05, 3.63) is 56.8 Å². The van der Waals surface area contributed by atoms with Crippen LogP contribution in [0.25, 0.3) is 10.6 Å². The van der Waals surface area contributed by atoms with Crippen molar-refractivity contribution in [1.82, 2.24) is 9.55 Å². The molecule has 3 rings (SSSR count). The lowest BCUT2D eigenvalue weighted by atomic mass is 10.2. The van der Waals surface area contributed by atoms with Gasteiger partial charge in [-0.1, -0.05) is 29.9 Å². The predicted octanol–water partition coefficient (Wildman–Crippen LogP) is 4.79. The Morgan fingerprint density at radius 1 is 1.37 bits per heavy atom. The summed E-state index contributed by atoms with van der Waals surface area (Å²) in [4.78, 5) is 5.35. The molecule has 0 spiro atoms. The highest BCUT2D eigenvalue weighted by atomic mass is 35.5. The molecule has 0 aliphatic carbocycles. The molecule has 5 heteroatoms. The molecule has 2 aliphatic heterocycles. The molecule has 2 nitrogen and oxygen atoms in total. The smallest absolute Gasteiger partial charge is 0.129 e. The summed E-state index contributed by atoms with van der Waals surface area (Å²) in [5, 5.41) is 0.520. The van der Waals surface area contributed by atoms with E-state index >= 15 is 0 Å². The summed E-state index contributed by atoms with van der Waals surface area (Å²) in [5.41, 5.74) is 3.53. The minimum Gasteiger partial charge on any atom is -0.342 e. The Morgan fingerprint density at radius 3 is 2.95 bits per heavy atom. The zero-order valence-electron chi connectivity index (χ0n) is 10.3. The van der Waals surface area contributed by atoms with Gasteiger partial charge < -0.3 is 4.57 Å². The van der Waals surface area contributed by atoms with Gasteiger partial charge in [0.25, 0.3) is 0 Å². The summed E-state index contributed by atoms with van der Waals surface area (Å²) in [6, 6.07) is 8.04. The molecule has 0 N–H and O–H groups in total. The van der Waals surface area contributed by atoms with Gasteiger partial charge in [0.2, 0.25) is 0 Å². The zero-order valence-corrected chi connectivity index (χ0v) is 12.6. The van der Waals surface area contributed by atoms with E-state index in [0.29, 0.717) is 5.15 Å². The molecule has 0 radical (unpaired) electrons. The lowest BCUT2D eigenvalue weighted by molar-refractivity contribution is 0.792. The highest BCUT2D eigenvalue weighted by molar-refractivity contribution is 7.73. The van der Waals surface area contributed by atoms with Crippen LogP contribution in [0.1, 0.15) is 11.1 Å². The second-order valence-corrected chi connectivity index (χ2v) is 6.62. The monoisotopic (exact) mass is 306 g/mol. The van der Waals surface area contributed by atoms with Crippen LogP contribution in [0.2, 0.25) is 5.15 Å². The number of aryl methyl sites for hydroxylation is 1. The number of rotatable bonds is 2. The number of nitrogens with zero attached hydrogens (tertiary/aromatic N) is 2.